The number of fused-ring (bicyclic) bond motifs is 5. The summed E-state index contributed by atoms with van der Waals surface area (Å²) < 4.78 is 6.07. The highest BCUT2D eigenvalue weighted by atomic mass is 32.1. The molecule has 3 saturated heterocycles. The molecule has 0 saturated carbocycles. The number of thiazole rings is 1. The van der Waals surface area contributed by atoms with Gasteiger partial charge in [-0.15, -0.1) is 11.3 Å². The van der Waals surface area contributed by atoms with Crippen LogP contribution in [0.25, 0.3) is 11.0 Å². The fourth-order valence-electron chi connectivity index (χ4n) is 4.46. The second kappa shape index (κ2) is 6.56. The standard InChI is InChI=1S/C20H23N3OS/c1-2-4-20-16(3-1)7-19(24-20)12-23-9-15-5-6-18(23)11-22(8-15)10-17-13-25-14-21-17/h1-4,7,13-15,18H,5-6,8-12H2/t15-,18+/m0/s1. The minimum atomic E-state index is 0.630. The van der Waals surface area contributed by atoms with Gasteiger partial charge in [0, 0.05) is 43.0 Å². The van der Waals surface area contributed by atoms with Gasteiger partial charge in [-0.3, -0.25) is 9.80 Å². The Balaban J connectivity index is 1.31. The fourth-order valence-corrected chi connectivity index (χ4v) is 5.01. The van der Waals surface area contributed by atoms with Crippen LogP contribution in [-0.4, -0.2) is 40.5 Å². The van der Waals surface area contributed by atoms with Gasteiger partial charge >= 0.3 is 0 Å². The lowest BCUT2D eigenvalue weighted by atomic mass is 9.95. The number of para-hydroxylation sites is 1. The second-order valence-electron chi connectivity index (χ2n) is 7.45. The maximum atomic E-state index is 6.07. The van der Waals surface area contributed by atoms with Crippen LogP contribution in [0.4, 0.5) is 0 Å². The lowest BCUT2D eigenvalue weighted by Crippen LogP contribution is -2.43. The van der Waals surface area contributed by atoms with Crippen LogP contribution < -0.4 is 0 Å². The third kappa shape index (κ3) is 3.24. The first-order valence-electron chi connectivity index (χ1n) is 9.14. The molecule has 3 aromatic rings. The molecular formula is C20H23N3OS. The first-order valence-corrected chi connectivity index (χ1v) is 10.1. The van der Waals surface area contributed by atoms with Crippen LogP contribution >= 0.6 is 11.3 Å². The van der Waals surface area contributed by atoms with Gasteiger partial charge in [0.15, 0.2) is 0 Å². The molecular weight excluding hydrogens is 330 g/mol. The van der Waals surface area contributed by atoms with E-state index in [0.29, 0.717) is 6.04 Å². The molecule has 3 aliphatic heterocycles. The molecule has 0 aliphatic carbocycles. The van der Waals surface area contributed by atoms with Gasteiger partial charge in [0.05, 0.1) is 17.7 Å². The van der Waals surface area contributed by atoms with E-state index in [-0.39, 0.29) is 0 Å². The van der Waals surface area contributed by atoms with E-state index in [1.807, 2.05) is 11.6 Å². The SMILES string of the molecule is c1ccc2oc(CN3C[C@H]4CC[C@@H]3CN(Cc3cscn3)C4)cc2c1. The lowest BCUT2D eigenvalue weighted by molar-refractivity contribution is 0.115. The van der Waals surface area contributed by atoms with Crippen LogP contribution in [0.5, 0.6) is 0 Å². The zero-order valence-corrected chi connectivity index (χ0v) is 15.1. The summed E-state index contributed by atoms with van der Waals surface area (Å²) in [7, 11) is 0. The summed E-state index contributed by atoms with van der Waals surface area (Å²) in [6.45, 7) is 5.46. The van der Waals surface area contributed by atoms with Gasteiger partial charge < -0.3 is 4.42 Å². The Labute approximate surface area is 152 Å². The molecule has 6 rings (SSSR count). The Morgan fingerprint density at radius 3 is 2.96 bits per heavy atom. The number of piperidine rings is 1. The van der Waals surface area contributed by atoms with Crippen molar-refractivity contribution in [1.29, 1.82) is 0 Å². The predicted octanol–water partition coefficient (Wildman–Crippen LogP) is 3.99. The minimum Gasteiger partial charge on any atom is -0.460 e. The Kier molecular flexibility index (Phi) is 4.08. The molecule has 5 heterocycles. The molecule has 25 heavy (non-hydrogen) atoms. The molecule has 0 amide bonds. The van der Waals surface area contributed by atoms with Gasteiger partial charge in [-0.05, 0) is 30.9 Å². The number of furan rings is 1. The van der Waals surface area contributed by atoms with Crippen LogP contribution in [0.1, 0.15) is 24.3 Å². The quantitative estimate of drug-likeness (QED) is 0.710. The minimum absolute atomic E-state index is 0.630. The number of hydrogen-bond donors (Lipinski definition) is 0. The van der Waals surface area contributed by atoms with Crippen molar-refractivity contribution >= 4 is 22.3 Å². The summed E-state index contributed by atoms with van der Waals surface area (Å²) in [5.74, 6) is 1.86. The van der Waals surface area contributed by atoms with E-state index in [0.717, 1.165) is 36.9 Å². The number of benzene rings is 1. The third-order valence-electron chi connectivity index (χ3n) is 5.61. The van der Waals surface area contributed by atoms with E-state index in [4.69, 9.17) is 4.42 Å². The van der Waals surface area contributed by atoms with Crippen LogP contribution in [0.3, 0.4) is 0 Å². The van der Waals surface area contributed by atoms with Gasteiger partial charge in [0.1, 0.15) is 11.3 Å². The van der Waals surface area contributed by atoms with Crippen molar-refractivity contribution in [1.82, 2.24) is 14.8 Å². The van der Waals surface area contributed by atoms with E-state index in [9.17, 15) is 0 Å². The molecule has 1 aromatic carbocycles. The summed E-state index contributed by atoms with van der Waals surface area (Å²) in [6.07, 6.45) is 2.66. The first kappa shape index (κ1) is 15.6. The van der Waals surface area contributed by atoms with Crippen molar-refractivity contribution in [3.05, 3.63) is 52.7 Å². The molecule has 2 bridgehead atoms. The average molecular weight is 353 g/mol. The van der Waals surface area contributed by atoms with Gasteiger partial charge in [0.25, 0.3) is 0 Å². The monoisotopic (exact) mass is 353 g/mol. The molecule has 4 nitrogen and oxygen atoms in total. The summed E-state index contributed by atoms with van der Waals surface area (Å²) in [6, 6.07) is 11.1. The highest BCUT2D eigenvalue weighted by Gasteiger charge is 2.35. The number of rotatable bonds is 4. The van der Waals surface area contributed by atoms with E-state index in [2.05, 4.69) is 44.4 Å². The fraction of sp³-hybridized carbons (Fsp3) is 0.450. The highest BCUT2D eigenvalue weighted by Crippen LogP contribution is 2.31. The second-order valence-corrected chi connectivity index (χ2v) is 8.17. The number of nitrogens with zero attached hydrogens (tertiary/aromatic N) is 3. The maximum absolute atomic E-state index is 6.07. The molecule has 0 radical (unpaired) electrons. The molecule has 3 fully saturated rings. The summed E-state index contributed by atoms with van der Waals surface area (Å²) in [4.78, 5) is 9.72. The Hall–Kier alpha value is -1.69. The highest BCUT2D eigenvalue weighted by molar-refractivity contribution is 7.07. The number of hydrogen-bond acceptors (Lipinski definition) is 5. The van der Waals surface area contributed by atoms with Crippen molar-refractivity contribution in [2.75, 3.05) is 19.6 Å². The molecule has 2 aromatic heterocycles. The molecule has 0 N–H and O–H groups in total. The van der Waals surface area contributed by atoms with Crippen molar-refractivity contribution < 1.29 is 4.42 Å². The maximum Gasteiger partial charge on any atom is 0.134 e. The lowest BCUT2D eigenvalue weighted by Gasteiger charge is -2.35. The summed E-state index contributed by atoms with van der Waals surface area (Å²) in [5.41, 5.74) is 4.16. The normalized spacial score (nSPS) is 24.8. The van der Waals surface area contributed by atoms with E-state index in [1.165, 1.54) is 37.0 Å². The molecule has 130 valence electrons. The topological polar surface area (TPSA) is 32.5 Å². The molecule has 2 atom stereocenters. The largest absolute Gasteiger partial charge is 0.460 e. The Bertz CT molecular complexity index is 811. The molecule has 5 heteroatoms. The van der Waals surface area contributed by atoms with Crippen LogP contribution in [0.15, 0.2) is 45.6 Å². The smallest absolute Gasteiger partial charge is 0.134 e. The average Bonchev–Trinajstić information content (AvgIpc) is 3.18. The molecule has 0 unspecified atom stereocenters. The van der Waals surface area contributed by atoms with Crippen molar-refractivity contribution in [2.24, 2.45) is 5.92 Å². The predicted molar refractivity (Wildman–Crippen MR) is 101 cm³/mol. The van der Waals surface area contributed by atoms with Crippen molar-refractivity contribution in [3.63, 3.8) is 0 Å². The van der Waals surface area contributed by atoms with E-state index in [1.54, 1.807) is 11.3 Å². The van der Waals surface area contributed by atoms with Gasteiger partial charge in [-0.25, -0.2) is 4.98 Å². The van der Waals surface area contributed by atoms with Gasteiger partial charge in [-0.1, -0.05) is 18.2 Å². The van der Waals surface area contributed by atoms with Gasteiger partial charge in [0.2, 0.25) is 0 Å². The van der Waals surface area contributed by atoms with Gasteiger partial charge in [-0.2, -0.15) is 0 Å². The zero-order valence-electron chi connectivity index (χ0n) is 14.3. The number of aromatic nitrogens is 1. The summed E-state index contributed by atoms with van der Waals surface area (Å²) in [5, 5.41) is 3.39. The molecule has 3 aliphatic rings. The summed E-state index contributed by atoms with van der Waals surface area (Å²) >= 11 is 1.69. The van der Waals surface area contributed by atoms with Crippen LogP contribution in [0, 0.1) is 5.92 Å². The third-order valence-corrected chi connectivity index (χ3v) is 6.24. The van der Waals surface area contributed by atoms with E-state index >= 15 is 0 Å². The van der Waals surface area contributed by atoms with E-state index < -0.39 is 0 Å². The van der Waals surface area contributed by atoms with Crippen molar-refractivity contribution in [3.8, 4) is 0 Å². The zero-order chi connectivity index (χ0) is 16.6. The van der Waals surface area contributed by atoms with Crippen LogP contribution in [0.2, 0.25) is 0 Å². The molecule has 0 spiro atoms. The van der Waals surface area contributed by atoms with Crippen LogP contribution in [-0.2, 0) is 13.1 Å². The van der Waals surface area contributed by atoms with Crippen molar-refractivity contribution in [2.45, 2.75) is 32.0 Å². The Morgan fingerprint density at radius 1 is 1.12 bits per heavy atom. The Morgan fingerprint density at radius 2 is 2.08 bits per heavy atom. The first-order chi connectivity index (χ1) is 12.3.